The number of nitrogens with zero attached hydrogens (tertiary/aromatic N) is 3. The van der Waals surface area contributed by atoms with Crippen LogP contribution in [0.15, 0.2) is 42.6 Å². The summed E-state index contributed by atoms with van der Waals surface area (Å²) in [5.41, 5.74) is 1.14. The fourth-order valence-corrected chi connectivity index (χ4v) is 1.86. The maximum Gasteiger partial charge on any atom is 0.337 e. The number of benzene rings is 1. The van der Waals surface area contributed by atoms with Crippen LogP contribution in [-0.4, -0.2) is 30.8 Å². The lowest BCUT2D eigenvalue weighted by molar-refractivity contribution is 0.0696. The van der Waals surface area contributed by atoms with Gasteiger partial charge in [0.25, 0.3) is 0 Å². The fraction of sp³-hybridized carbons (Fsp3) is 0. The largest absolute Gasteiger partial charge is 0.507 e. The average molecular weight is 255 g/mol. The van der Waals surface area contributed by atoms with Crippen molar-refractivity contribution in [2.45, 2.75) is 0 Å². The molecular weight excluding hydrogens is 246 g/mol. The maximum absolute atomic E-state index is 11.0. The van der Waals surface area contributed by atoms with Gasteiger partial charge in [-0.2, -0.15) is 0 Å². The third-order valence-corrected chi connectivity index (χ3v) is 2.79. The number of aromatic hydroxyl groups is 1. The highest BCUT2D eigenvalue weighted by Gasteiger charge is 2.13. The summed E-state index contributed by atoms with van der Waals surface area (Å²) in [6.45, 7) is 0. The first kappa shape index (κ1) is 11.2. The Morgan fingerprint density at radius 1 is 1.11 bits per heavy atom. The van der Waals surface area contributed by atoms with Crippen LogP contribution in [0.1, 0.15) is 10.4 Å². The highest BCUT2D eigenvalue weighted by molar-refractivity contribution is 5.87. The number of carbonyl (C=O) groups is 1. The normalized spacial score (nSPS) is 10.7. The van der Waals surface area contributed by atoms with Crippen LogP contribution in [0.25, 0.3) is 17.0 Å². The van der Waals surface area contributed by atoms with Crippen LogP contribution < -0.4 is 0 Å². The molecule has 0 saturated carbocycles. The molecule has 94 valence electrons. The summed E-state index contributed by atoms with van der Waals surface area (Å²) in [5, 5.41) is 26.7. The fourth-order valence-electron chi connectivity index (χ4n) is 1.86. The van der Waals surface area contributed by atoms with Crippen molar-refractivity contribution in [1.29, 1.82) is 0 Å². The van der Waals surface area contributed by atoms with E-state index in [2.05, 4.69) is 10.2 Å². The number of carboxylic acid groups (broad SMARTS) is 1. The van der Waals surface area contributed by atoms with E-state index in [1.54, 1.807) is 28.7 Å². The lowest BCUT2D eigenvalue weighted by Gasteiger charge is -2.03. The molecular formula is C13H9N3O3. The lowest BCUT2D eigenvalue weighted by Crippen LogP contribution is -1.99. The molecule has 0 aliphatic carbocycles. The predicted molar refractivity (Wildman–Crippen MR) is 67.0 cm³/mol. The van der Waals surface area contributed by atoms with Crippen LogP contribution in [0.3, 0.4) is 0 Å². The van der Waals surface area contributed by atoms with E-state index in [0.717, 1.165) is 0 Å². The van der Waals surface area contributed by atoms with E-state index in [9.17, 15) is 9.90 Å². The Morgan fingerprint density at radius 2 is 1.89 bits per heavy atom. The zero-order valence-electron chi connectivity index (χ0n) is 9.69. The molecule has 1 aromatic carbocycles. The van der Waals surface area contributed by atoms with Gasteiger partial charge in [-0.1, -0.05) is 12.1 Å². The molecule has 19 heavy (non-hydrogen) atoms. The second-order valence-corrected chi connectivity index (χ2v) is 3.99. The SMILES string of the molecule is O=C(O)c1ccc2nnc(-c3ccccc3O)n2c1. The number of aromatic carboxylic acids is 1. The number of rotatable bonds is 2. The van der Waals surface area contributed by atoms with Gasteiger partial charge >= 0.3 is 5.97 Å². The third kappa shape index (κ3) is 1.79. The minimum absolute atomic E-state index is 0.0672. The molecule has 3 aromatic rings. The Labute approximate surface area is 107 Å². The van der Waals surface area contributed by atoms with Crippen molar-refractivity contribution in [3.8, 4) is 17.1 Å². The highest BCUT2D eigenvalue weighted by atomic mass is 16.4. The average Bonchev–Trinajstić information content (AvgIpc) is 2.82. The van der Waals surface area contributed by atoms with Crippen LogP contribution in [0.2, 0.25) is 0 Å². The van der Waals surface area contributed by atoms with Crippen LogP contribution in [-0.2, 0) is 0 Å². The van der Waals surface area contributed by atoms with Gasteiger partial charge in [-0.05, 0) is 24.3 Å². The summed E-state index contributed by atoms with van der Waals surface area (Å²) in [5.74, 6) is -0.562. The van der Waals surface area contributed by atoms with Crippen LogP contribution in [0, 0.1) is 0 Å². The van der Waals surface area contributed by atoms with Gasteiger partial charge in [0, 0.05) is 6.20 Å². The molecule has 0 atom stereocenters. The van der Waals surface area contributed by atoms with E-state index in [0.29, 0.717) is 17.0 Å². The molecule has 0 radical (unpaired) electrons. The Kier molecular flexibility index (Phi) is 2.42. The van der Waals surface area contributed by atoms with E-state index in [4.69, 9.17) is 5.11 Å². The van der Waals surface area contributed by atoms with Gasteiger partial charge in [-0.3, -0.25) is 4.40 Å². The number of fused-ring (bicyclic) bond motifs is 1. The standard InChI is InChI=1S/C13H9N3O3/c17-10-4-2-1-3-9(10)12-15-14-11-6-5-8(13(18)19)7-16(11)12/h1-7,17H,(H,18,19). The number of phenols is 1. The van der Waals surface area contributed by atoms with Gasteiger partial charge < -0.3 is 10.2 Å². The van der Waals surface area contributed by atoms with E-state index < -0.39 is 5.97 Å². The minimum Gasteiger partial charge on any atom is -0.507 e. The van der Waals surface area contributed by atoms with Gasteiger partial charge in [-0.25, -0.2) is 4.79 Å². The molecule has 0 aliphatic rings. The second-order valence-electron chi connectivity index (χ2n) is 3.99. The van der Waals surface area contributed by atoms with Crippen LogP contribution >= 0.6 is 0 Å². The molecule has 0 aliphatic heterocycles. The highest BCUT2D eigenvalue weighted by Crippen LogP contribution is 2.27. The third-order valence-electron chi connectivity index (χ3n) is 2.79. The molecule has 2 N–H and O–H groups in total. The molecule has 0 fully saturated rings. The van der Waals surface area contributed by atoms with E-state index in [1.165, 1.54) is 18.3 Å². The number of aromatic nitrogens is 3. The van der Waals surface area contributed by atoms with E-state index >= 15 is 0 Å². The number of pyridine rings is 1. The predicted octanol–water partition coefficient (Wildman–Crippen LogP) is 1.80. The molecule has 2 heterocycles. The molecule has 6 heteroatoms. The maximum atomic E-state index is 11.0. The quantitative estimate of drug-likeness (QED) is 0.729. The van der Waals surface area contributed by atoms with Gasteiger partial charge in [0.15, 0.2) is 11.5 Å². The molecule has 6 nitrogen and oxygen atoms in total. The summed E-state index contributed by atoms with van der Waals surface area (Å²) in [4.78, 5) is 11.0. The van der Waals surface area contributed by atoms with Gasteiger partial charge in [-0.15, -0.1) is 10.2 Å². The van der Waals surface area contributed by atoms with E-state index in [1.807, 2.05) is 0 Å². The van der Waals surface area contributed by atoms with Crippen molar-refractivity contribution in [1.82, 2.24) is 14.6 Å². The first-order valence-corrected chi connectivity index (χ1v) is 5.53. The summed E-state index contributed by atoms with van der Waals surface area (Å²) in [6, 6.07) is 9.72. The van der Waals surface area contributed by atoms with Crippen molar-refractivity contribution in [2.75, 3.05) is 0 Å². The van der Waals surface area contributed by atoms with Crippen molar-refractivity contribution < 1.29 is 15.0 Å². The molecule has 2 aromatic heterocycles. The summed E-state index contributed by atoms with van der Waals surface area (Å²) >= 11 is 0. The van der Waals surface area contributed by atoms with Crippen molar-refractivity contribution in [3.63, 3.8) is 0 Å². The van der Waals surface area contributed by atoms with E-state index in [-0.39, 0.29) is 11.3 Å². The molecule has 0 bridgehead atoms. The molecule has 3 rings (SSSR count). The number of hydrogen-bond acceptors (Lipinski definition) is 4. The Balaban J connectivity index is 2.27. The topological polar surface area (TPSA) is 87.7 Å². The van der Waals surface area contributed by atoms with Crippen molar-refractivity contribution >= 4 is 11.6 Å². The minimum atomic E-state index is -1.03. The van der Waals surface area contributed by atoms with Crippen molar-refractivity contribution in [3.05, 3.63) is 48.2 Å². The lowest BCUT2D eigenvalue weighted by atomic mass is 10.2. The first-order valence-electron chi connectivity index (χ1n) is 5.53. The van der Waals surface area contributed by atoms with Crippen LogP contribution in [0.5, 0.6) is 5.75 Å². The van der Waals surface area contributed by atoms with Gasteiger partial charge in [0.2, 0.25) is 0 Å². The zero-order chi connectivity index (χ0) is 13.4. The number of phenolic OH excluding ortho intramolecular Hbond substituents is 1. The molecule has 0 spiro atoms. The van der Waals surface area contributed by atoms with Crippen LogP contribution in [0.4, 0.5) is 0 Å². The van der Waals surface area contributed by atoms with Gasteiger partial charge in [0.05, 0.1) is 11.1 Å². The number of hydrogen-bond donors (Lipinski definition) is 2. The monoisotopic (exact) mass is 255 g/mol. The smallest absolute Gasteiger partial charge is 0.337 e. The summed E-state index contributed by atoms with van der Waals surface area (Å²) in [6.07, 6.45) is 1.43. The summed E-state index contributed by atoms with van der Waals surface area (Å²) in [7, 11) is 0. The first-order chi connectivity index (χ1) is 9.16. The Hall–Kier alpha value is -2.89. The molecule has 0 amide bonds. The van der Waals surface area contributed by atoms with Crippen molar-refractivity contribution in [2.24, 2.45) is 0 Å². The second kappa shape index (κ2) is 4.09. The molecule has 0 saturated heterocycles. The number of carboxylic acids is 1. The Morgan fingerprint density at radius 3 is 2.63 bits per heavy atom. The van der Waals surface area contributed by atoms with Gasteiger partial charge in [0.1, 0.15) is 5.75 Å². The Bertz CT molecular complexity index is 780. The number of para-hydroxylation sites is 1. The summed E-state index contributed by atoms with van der Waals surface area (Å²) < 4.78 is 1.54. The zero-order valence-corrected chi connectivity index (χ0v) is 9.69. The molecule has 0 unspecified atom stereocenters.